The highest BCUT2D eigenvalue weighted by Crippen LogP contribution is 2.23. The van der Waals surface area contributed by atoms with Crippen molar-refractivity contribution < 1.29 is 0 Å². The van der Waals surface area contributed by atoms with E-state index < -0.39 is 0 Å². The number of nitrogens with one attached hydrogen (secondary N) is 1. The lowest BCUT2D eigenvalue weighted by atomic mass is 10.1. The van der Waals surface area contributed by atoms with Gasteiger partial charge < -0.3 is 5.32 Å². The van der Waals surface area contributed by atoms with E-state index >= 15 is 0 Å². The van der Waals surface area contributed by atoms with Gasteiger partial charge in [0.05, 0.1) is 0 Å². The number of halogens is 2. The summed E-state index contributed by atoms with van der Waals surface area (Å²) in [6.45, 7) is 2.30. The van der Waals surface area contributed by atoms with Crippen molar-refractivity contribution in [3.8, 4) is 0 Å². The van der Waals surface area contributed by atoms with E-state index in [4.69, 9.17) is 23.2 Å². The van der Waals surface area contributed by atoms with Gasteiger partial charge in [0.1, 0.15) is 10.3 Å². The van der Waals surface area contributed by atoms with Crippen molar-refractivity contribution in [1.29, 1.82) is 0 Å². The minimum Gasteiger partial charge on any atom is -0.316 e. The molecule has 0 radical (unpaired) electrons. The molecule has 0 aromatic carbocycles. The fourth-order valence-electron chi connectivity index (χ4n) is 1.35. The molecule has 0 spiro atoms. The zero-order valence-corrected chi connectivity index (χ0v) is 10.5. The van der Waals surface area contributed by atoms with Gasteiger partial charge in [-0.15, -0.1) is 0 Å². The number of pyridine rings is 1. The van der Waals surface area contributed by atoms with Crippen LogP contribution in [-0.4, -0.2) is 23.8 Å². The molecule has 2 rings (SSSR count). The van der Waals surface area contributed by atoms with Crippen LogP contribution < -0.4 is 5.32 Å². The number of rotatable bonds is 4. The van der Waals surface area contributed by atoms with Gasteiger partial charge in [0.15, 0.2) is 0 Å². The lowest BCUT2D eigenvalue weighted by molar-refractivity contribution is 0.385. The van der Waals surface area contributed by atoms with E-state index in [1.165, 1.54) is 5.75 Å². The van der Waals surface area contributed by atoms with E-state index in [9.17, 15) is 0 Å². The topological polar surface area (TPSA) is 24.9 Å². The van der Waals surface area contributed by atoms with Gasteiger partial charge in [-0.1, -0.05) is 29.3 Å². The molecule has 0 bridgehead atoms. The van der Waals surface area contributed by atoms with Gasteiger partial charge in [0, 0.05) is 5.75 Å². The maximum absolute atomic E-state index is 5.97. The van der Waals surface area contributed by atoms with Crippen LogP contribution in [0, 0.1) is 5.92 Å². The smallest absolute Gasteiger partial charge is 0.134 e. The zero-order chi connectivity index (χ0) is 10.7. The van der Waals surface area contributed by atoms with E-state index in [0.29, 0.717) is 10.3 Å². The van der Waals surface area contributed by atoms with Crippen LogP contribution >= 0.6 is 35.0 Å². The van der Waals surface area contributed by atoms with Crippen LogP contribution in [0.5, 0.6) is 0 Å². The zero-order valence-electron chi connectivity index (χ0n) is 8.17. The highest BCUT2D eigenvalue weighted by atomic mass is 35.5. The summed E-state index contributed by atoms with van der Waals surface area (Å²) in [5, 5.41) is 4.24. The first-order chi connectivity index (χ1) is 7.25. The minimum absolute atomic E-state index is 0.456. The molecule has 5 heteroatoms. The van der Waals surface area contributed by atoms with Gasteiger partial charge in [0.25, 0.3) is 0 Å². The summed E-state index contributed by atoms with van der Waals surface area (Å²) in [5.74, 6) is 2.93. The van der Waals surface area contributed by atoms with Gasteiger partial charge in [-0.25, -0.2) is 4.98 Å². The Balaban J connectivity index is 1.81. The summed E-state index contributed by atoms with van der Waals surface area (Å²) < 4.78 is 0. The summed E-state index contributed by atoms with van der Waals surface area (Å²) in [6, 6.07) is 3.73. The molecule has 1 saturated heterocycles. The third-order valence-corrected chi connectivity index (χ3v) is 4.13. The summed E-state index contributed by atoms with van der Waals surface area (Å²) in [4.78, 5) is 4.01. The number of nitrogens with zero attached hydrogens (tertiary/aromatic N) is 1. The largest absolute Gasteiger partial charge is 0.316 e. The molecule has 1 fully saturated rings. The Kier molecular flexibility index (Phi) is 4.14. The summed E-state index contributed by atoms with van der Waals surface area (Å²) in [6.07, 6.45) is 0. The third kappa shape index (κ3) is 3.25. The predicted octanol–water partition coefficient (Wildman–Crippen LogP) is 2.84. The molecule has 1 N–H and O–H groups in total. The Hall–Kier alpha value is 0.0400. The molecule has 2 nitrogen and oxygen atoms in total. The normalized spacial score (nSPS) is 16.4. The second-order valence-electron chi connectivity index (χ2n) is 3.62. The molecule has 2 heterocycles. The fourth-order valence-corrected chi connectivity index (χ4v) is 2.98. The van der Waals surface area contributed by atoms with E-state index in [-0.39, 0.29) is 0 Å². The van der Waals surface area contributed by atoms with Gasteiger partial charge in [-0.3, -0.25) is 0 Å². The third-order valence-electron chi connectivity index (χ3n) is 2.37. The highest BCUT2D eigenvalue weighted by Gasteiger charge is 2.16. The second-order valence-corrected chi connectivity index (χ2v) is 5.40. The summed E-state index contributed by atoms with van der Waals surface area (Å²) >= 11 is 13.6. The quantitative estimate of drug-likeness (QED) is 0.845. The molecule has 0 atom stereocenters. The molecule has 0 amide bonds. The standard InChI is InChI=1S/C10H12Cl2N2S/c11-9-2-1-8(10(12)14-9)6-15-5-7-3-13-4-7/h1-2,7,13H,3-6H2. The van der Waals surface area contributed by atoms with Crippen LogP contribution in [-0.2, 0) is 5.75 Å². The Morgan fingerprint density at radius 2 is 2.20 bits per heavy atom. The maximum Gasteiger partial charge on any atom is 0.134 e. The van der Waals surface area contributed by atoms with Crippen molar-refractivity contribution in [2.45, 2.75) is 5.75 Å². The predicted molar refractivity (Wildman–Crippen MR) is 66.8 cm³/mol. The number of aromatic nitrogens is 1. The second kappa shape index (κ2) is 5.39. The SMILES string of the molecule is Clc1ccc(CSCC2CNC2)c(Cl)n1. The van der Waals surface area contributed by atoms with Crippen molar-refractivity contribution >= 4 is 35.0 Å². The van der Waals surface area contributed by atoms with E-state index in [1.54, 1.807) is 6.07 Å². The fraction of sp³-hybridized carbons (Fsp3) is 0.500. The first-order valence-corrected chi connectivity index (χ1v) is 6.76. The highest BCUT2D eigenvalue weighted by molar-refractivity contribution is 7.98. The van der Waals surface area contributed by atoms with Crippen LogP contribution in [0.1, 0.15) is 5.56 Å². The molecular formula is C10H12Cl2N2S. The van der Waals surface area contributed by atoms with Crippen molar-refractivity contribution in [1.82, 2.24) is 10.3 Å². The van der Waals surface area contributed by atoms with Crippen LogP contribution in [0.15, 0.2) is 12.1 Å². The number of hydrogen-bond acceptors (Lipinski definition) is 3. The molecule has 1 aromatic heterocycles. The van der Waals surface area contributed by atoms with Crippen LogP contribution in [0.4, 0.5) is 0 Å². The number of thioether (sulfide) groups is 1. The van der Waals surface area contributed by atoms with Crippen molar-refractivity contribution in [3.05, 3.63) is 28.0 Å². The molecule has 82 valence electrons. The molecule has 1 aromatic rings. The van der Waals surface area contributed by atoms with Gasteiger partial charge in [-0.05, 0) is 36.4 Å². The van der Waals surface area contributed by atoms with Gasteiger partial charge in [0.2, 0.25) is 0 Å². The van der Waals surface area contributed by atoms with Crippen molar-refractivity contribution in [2.24, 2.45) is 5.92 Å². The monoisotopic (exact) mass is 262 g/mol. The number of hydrogen-bond donors (Lipinski definition) is 1. The molecule has 1 aliphatic heterocycles. The molecular weight excluding hydrogens is 251 g/mol. The van der Waals surface area contributed by atoms with Crippen molar-refractivity contribution in [2.75, 3.05) is 18.8 Å². The summed E-state index contributed by atoms with van der Waals surface area (Å²) in [5.41, 5.74) is 1.07. The van der Waals surface area contributed by atoms with E-state index in [0.717, 1.165) is 30.3 Å². The minimum atomic E-state index is 0.456. The molecule has 15 heavy (non-hydrogen) atoms. The first-order valence-electron chi connectivity index (χ1n) is 4.85. The molecule has 1 aliphatic rings. The average Bonchev–Trinajstić information content (AvgIpc) is 2.12. The van der Waals surface area contributed by atoms with Crippen LogP contribution in [0.25, 0.3) is 0 Å². The average molecular weight is 263 g/mol. The van der Waals surface area contributed by atoms with Gasteiger partial charge >= 0.3 is 0 Å². The molecule has 0 unspecified atom stereocenters. The van der Waals surface area contributed by atoms with E-state index in [1.807, 2.05) is 17.8 Å². The Morgan fingerprint density at radius 3 is 2.80 bits per heavy atom. The van der Waals surface area contributed by atoms with Crippen molar-refractivity contribution in [3.63, 3.8) is 0 Å². The molecule has 0 saturated carbocycles. The lowest BCUT2D eigenvalue weighted by Crippen LogP contribution is -2.43. The maximum atomic E-state index is 5.97. The lowest BCUT2D eigenvalue weighted by Gasteiger charge is -2.26. The first kappa shape index (κ1) is 11.5. The van der Waals surface area contributed by atoms with Gasteiger partial charge in [-0.2, -0.15) is 11.8 Å². The van der Waals surface area contributed by atoms with Crippen LogP contribution in [0.3, 0.4) is 0 Å². The van der Waals surface area contributed by atoms with E-state index in [2.05, 4.69) is 10.3 Å². The Bertz CT molecular complexity index is 342. The molecule has 0 aliphatic carbocycles. The summed E-state index contributed by atoms with van der Waals surface area (Å²) in [7, 11) is 0. The van der Waals surface area contributed by atoms with Crippen LogP contribution in [0.2, 0.25) is 10.3 Å². The Morgan fingerprint density at radius 1 is 1.40 bits per heavy atom. The Labute approximate surface area is 104 Å².